The number of ketones is 1. The summed E-state index contributed by atoms with van der Waals surface area (Å²) in [6.07, 6.45) is 9.51. The number of nitrogens with zero attached hydrogens (tertiary/aromatic N) is 2. The number of aryl methyl sites for hydroxylation is 3. The van der Waals surface area contributed by atoms with Crippen LogP contribution in [0.25, 0.3) is 0 Å². The molecule has 1 aromatic heterocycles. The topological polar surface area (TPSA) is 34.9 Å². The molecule has 22 heavy (non-hydrogen) atoms. The second kappa shape index (κ2) is 8.52. The van der Waals surface area contributed by atoms with E-state index in [0.717, 1.165) is 32.1 Å². The van der Waals surface area contributed by atoms with Crippen LogP contribution in [0.5, 0.6) is 0 Å². The molecule has 3 heteroatoms. The summed E-state index contributed by atoms with van der Waals surface area (Å²) in [5.41, 5.74) is 3.76. The van der Waals surface area contributed by atoms with Gasteiger partial charge in [-0.1, -0.05) is 43.2 Å². The van der Waals surface area contributed by atoms with Crippen LogP contribution >= 0.6 is 0 Å². The van der Waals surface area contributed by atoms with Crippen molar-refractivity contribution in [2.24, 2.45) is 0 Å². The van der Waals surface area contributed by atoms with Crippen molar-refractivity contribution >= 4 is 5.78 Å². The number of unbranched alkanes of at least 4 members (excludes halogenated alkanes) is 1. The van der Waals surface area contributed by atoms with Crippen molar-refractivity contribution in [2.75, 3.05) is 0 Å². The van der Waals surface area contributed by atoms with Crippen LogP contribution in [0.1, 0.15) is 49.4 Å². The maximum atomic E-state index is 12.1. The van der Waals surface area contributed by atoms with E-state index < -0.39 is 0 Å². The maximum absolute atomic E-state index is 12.1. The number of Topliss-reactive ketones (excluding diaryl/α,β-unsaturated/α-hetero) is 1. The molecule has 0 saturated carbocycles. The zero-order chi connectivity index (χ0) is 15.8. The molecule has 0 N–H and O–H groups in total. The molecule has 118 valence electrons. The Balaban J connectivity index is 1.76. The van der Waals surface area contributed by atoms with Gasteiger partial charge >= 0.3 is 0 Å². The van der Waals surface area contributed by atoms with Gasteiger partial charge in [-0.05, 0) is 38.2 Å². The first kappa shape index (κ1) is 16.5. The van der Waals surface area contributed by atoms with Crippen LogP contribution in [0.3, 0.4) is 0 Å². The molecule has 0 amide bonds. The molecular weight excluding hydrogens is 272 g/mol. The van der Waals surface area contributed by atoms with Crippen LogP contribution in [0.4, 0.5) is 0 Å². The van der Waals surface area contributed by atoms with E-state index in [1.165, 1.54) is 16.8 Å². The smallest absolute Gasteiger partial charge is 0.152 e. The quantitative estimate of drug-likeness (QED) is 0.698. The van der Waals surface area contributed by atoms with Gasteiger partial charge in [0.15, 0.2) is 5.78 Å². The second-order valence-electron chi connectivity index (χ2n) is 5.99. The number of rotatable bonds is 9. The van der Waals surface area contributed by atoms with E-state index in [9.17, 15) is 4.79 Å². The lowest BCUT2D eigenvalue weighted by Crippen LogP contribution is -2.12. The molecule has 0 aliphatic heterocycles. The SMILES string of the molecule is CCCCc1cncn1CC(=O)CCCc1ccc(C)cc1. The summed E-state index contributed by atoms with van der Waals surface area (Å²) >= 11 is 0. The molecule has 0 aliphatic carbocycles. The van der Waals surface area contributed by atoms with E-state index in [4.69, 9.17) is 0 Å². The van der Waals surface area contributed by atoms with E-state index in [-0.39, 0.29) is 0 Å². The standard InChI is InChI=1S/C19H26N2O/c1-3-4-7-18-13-20-15-21(18)14-19(22)8-5-6-17-11-9-16(2)10-12-17/h9-13,15H,3-8,14H2,1-2H3. The molecule has 2 aromatic rings. The summed E-state index contributed by atoms with van der Waals surface area (Å²) < 4.78 is 2.00. The lowest BCUT2D eigenvalue weighted by atomic mass is 10.1. The lowest BCUT2D eigenvalue weighted by Gasteiger charge is -2.07. The minimum Gasteiger partial charge on any atom is -0.327 e. The summed E-state index contributed by atoms with van der Waals surface area (Å²) in [5.74, 6) is 0.294. The van der Waals surface area contributed by atoms with Crippen molar-refractivity contribution < 1.29 is 4.79 Å². The molecule has 2 rings (SSSR count). The normalized spacial score (nSPS) is 10.8. The van der Waals surface area contributed by atoms with E-state index in [1.807, 2.05) is 10.8 Å². The minimum absolute atomic E-state index is 0.294. The third-order valence-electron chi connectivity index (χ3n) is 3.97. The number of carbonyl (C=O) groups is 1. The number of aromatic nitrogens is 2. The summed E-state index contributed by atoms with van der Waals surface area (Å²) in [6, 6.07) is 8.56. The fraction of sp³-hybridized carbons (Fsp3) is 0.474. The van der Waals surface area contributed by atoms with Gasteiger partial charge in [0.25, 0.3) is 0 Å². The van der Waals surface area contributed by atoms with Crippen molar-refractivity contribution in [3.8, 4) is 0 Å². The van der Waals surface area contributed by atoms with E-state index in [2.05, 4.69) is 43.1 Å². The molecule has 0 fully saturated rings. The van der Waals surface area contributed by atoms with Crippen LogP contribution < -0.4 is 0 Å². The zero-order valence-corrected chi connectivity index (χ0v) is 13.7. The van der Waals surface area contributed by atoms with Crippen molar-refractivity contribution in [1.82, 2.24) is 9.55 Å². The van der Waals surface area contributed by atoms with E-state index in [0.29, 0.717) is 18.7 Å². The number of imidazole rings is 1. The Morgan fingerprint density at radius 3 is 2.64 bits per heavy atom. The molecule has 0 bridgehead atoms. The van der Waals surface area contributed by atoms with Gasteiger partial charge in [-0.2, -0.15) is 0 Å². The Morgan fingerprint density at radius 1 is 1.14 bits per heavy atom. The number of hydrogen-bond donors (Lipinski definition) is 0. The predicted octanol–water partition coefficient (Wildman–Crippen LogP) is 4.13. The molecule has 0 atom stereocenters. The van der Waals surface area contributed by atoms with Crippen molar-refractivity contribution in [3.63, 3.8) is 0 Å². The maximum Gasteiger partial charge on any atom is 0.152 e. The molecule has 0 saturated heterocycles. The first-order valence-electron chi connectivity index (χ1n) is 8.25. The Hall–Kier alpha value is -1.90. The summed E-state index contributed by atoms with van der Waals surface area (Å²) in [4.78, 5) is 16.3. The van der Waals surface area contributed by atoms with Gasteiger partial charge in [0, 0.05) is 18.3 Å². The highest BCUT2D eigenvalue weighted by molar-refractivity contribution is 5.78. The molecule has 3 nitrogen and oxygen atoms in total. The molecular formula is C19H26N2O. The molecule has 0 aliphatic rings. The average Bonchev–Trinajstić information content (AvgIpc) is 2.94. The predicted molar refractivity (Wildman–Crippen MR) is 90.0 cm³/mol. The van der Waals surface area contributed by atoms with Crippen LogP contribution in [-0.4, -0.2) is 15.3 Å². The van der Waals surface area contributed by atoms with Crippen molar-refractivity contribution in [3.05, 3.63) is 53.6 Å². The minimum atomic E-state index is 0.294. The van der Waals surface area contributed by atoms with Crippen LogP contribution in [-0.2, 0) is 24.2 Å². The number of carbonyl (C=O) groups excluding carboxylic acids is 1. The molecule has 0 unspecified atom stereocenters. The lowest BCUT2D eigenvalue weighted by molar-refractivity contribution is -0.119. The first-order chi connectivity index (χ1) is 10.7. The van der Waals surface area contributed by atoms with Crippen LogP contribution in [0, 0.1) is 6.92 Å². The largest absolute Gasteiger partial charge is 0.327 e. The first-order valence-corrected chi connectivity index (χ1v) is 8.25. The fourth-order valence-electron chi connectivity index (χ4n) is 2.57. The Kier molecular flexibility index (Phi) is 6.38. The van der Waals surface area contributed by atoms with Gasteiger partial charge in [-0.25, -0.2) is 4.98 Å². The third-order valence-corrected chi connectivity index (χ3v) is 3.97. The zero-order valence-electron chi connectivity index (χ0n) is 13.7. The molecule has 0 radical (unpaired) electrons. The van der Waals surface area contributed by atoms with E-state index in [1.54, 1.807) is 6.33 Å². The van der Waals surface area contributed by atoms with Gasteiger partial charge in [0.2, 0.25) is 0 Å². The highest BCUT2D eigenvalue weighted by atomic mass is 16.1. The Labute approximate surface area is 133 Å². The number of hydrogen-bond acceptors (Lipinski definition) is 2. The second-order valence-corrected chi connectivity index (χ2v) is 5.99. The van der Waals surface area contributed by atoms with Gasteiger partial charge < -0.3 is 4.57 Å². The third kappa shape index (κ3) is 5.14. The summed E-state index contributed by atoms with van der Waals surface area (Å²) in [7, 11) is 0. The van der Waals surface area contributed by atoms with E-state index >= 15 is 0 Å². The molecule has 0 spiro atoms. The van der Waals surface area contributed by atoms with Crippen LogP contribution in [0.2, 0.25) is 0 Å². The highest BCUT2D eigenvalue weighted by Gasteiger charge is 2.07. The molecule has 1 heterocycles. The summed E-state index contributed by atoms with van der Waals surface area (Å²) in [6.45, 7) is 4.73. The van der Waals surface area contributed by atoms with Crippen molar-refractivity contribution in [2.45, 2.75) is 58.9 Å². The Bertz CT molecular complexity index is 584. The average molecular weight is 298 g/mol. The Morgan fingerprint density at radius 2 is 1.91 bits per heavy atom. The summed E-state index contributed by atoms with van der Waals surface area (Å²) in [5, 5.41) is 0. The monoisotopic (exact) mass is 298 g/mol. The highest BCUT2D eigenvalue weighted by Crippen LogP contribution is 2.09. The number of benzene rings is 1. The molecule has 1 aromatic carbocycles. The van der Waals surface area contributed by atoms with Gasteiger partial charge in [-0.15, -0.1) is 0 Å². The van der Waals surface area contributed by atoms with Crippen molar-refractivity contribution in [1.29, 1.82) is 0 Å². The van der Waals surface area contributed by atoms with Gasteiger partial charge in [0.05, 0.1) is 12.9 Å². The fourth-order valence-corrected chi connectivity index (χ4v) is 2.57. The van der Waals surface area contributed by atoms with Gasteiger partial charge in [-0.3, -0.25) is 4.79 Å². The van der Waals surface area contributed by atoms with Crippen LogP contribution in [0.15, 0.2) is 36.8 Å². The van der Waals surface area contributed by atoms with Gasteiger partial charge in [0.1, 0.15) is 0 Å².